The van der Waals surface area contributed by atoms with Crippen molar-refractivity contribution in [2.24, 2.45) is 0 Å². The van der Waals surface area contributed by atoms with Gasteiger partial charge in [-0.2, -0.15) is 4.98 Å². The molecule has 1 N–H and O–H groups in total. The van der Waals surface area contributed by atoms with E-state index in [-0.39, 0.29) is 23.9 Å². The third-order valence-electron chi connectivity index (χ3n) is 2.76. The Balaban J connectivity index is 2.02. The predicted molar refractivity (Wildman–Crippen MR) is 79.9 cm³/mol. The highest BCUT2D eigenvalue weighted by molar-refractivity contribution is 9.10. The van der Waals surface area contributed by atoms with Crippen LogP contribution in [0.1, 0.15) is 5.69 Å². The Bertz CT molecular complexity index is 829. The largest absolute Gasteiger partial charge is 0.437 e. The number of nitrogens with zero attached hydrogens (tertiary/aromatic N) is 3. The number of benzene rings is 1. The molecule has 0 unspecified atom stereocenters. The van der Waals surface area contributed by atoms with Gasteiger partial charge in [-0.3, -0.25) is 14.5 Å². The molecule has 2 aromatic heterocycles. The minimum absolute atomic E-state index is 0.0917. The Kier molecular flexibility index (Phi) is 3.62. The van der Waals surface area contributed by atoms with Crippen molar-refractivity contribution in [1.82, 2.24) is 9.38 Å². The van der Waals surface area contributed by atoms with Gasteiger partial charge in [-0.05, 0) is 6.07 Å². The van der Waals surface area contributed by atoms with E-state index >= 15 is 0 Å². The molecular weight excluding hydrogens is 362 g/mol. The summed E-state index contributed by atoms with van der Waals surface area (Å²) in [6, 6.07) is 4.28. The fourth-order valence-electron chi connectivity index (χ4n) is 1.86. The molecule has 108 valence electrons. The smallest absolute Gasteiger partial charge is 0.274 e. The number of fused-ring (bicyclic) bond motifs is 1. The number of hydrogen-bond donors (Lipinski definition) is 1. The van der Waals surface area contributed by atoms with Crippen molar-refractivity contribution in [3.63, 3.8) is 0 Å². The number of non-ortho nitro benzene ring substituents is 1. The molecule has 1 aromatic carbocycles. The van der Waals surface area contributed by atoms with Gasteiger partial charge in [0.2, 0.25) is 5.88 Å². The van der Waals surface area contributed by atoms with Gasteiger partial charge in [-0.1, -0.05) is 15.9 Å². The second-order valence-corrected chi connectivity index (χ2v) is 5.87. The van der Waals surface area contributed by atoms with Gasteiger partial charge >= 0.3 is 0 Å². The fraction of sp³-hybridized carbons (Fsp3) is 0.0833. The first-order chi connectivity index (χ1) is 10.1. The van der Waals surface area contributed by atoms with Gasteiger partial charge < -0.3 is 9.84 Å². The zero-order valence-corrected chi connectivity index (χ0v) is 12.8. The molecule has 0 radical (unpaired) electrons. The summed E-state index contributed by atoms with van der Waals surface area (Å²) in [7, 11) is 0. The van der Waals surface area contributed by atoms with Crippen molar-refractivity contribution in [1.29, 1.82) is 0 Å². The first-order valence-corrected chi connectivity index (χ1v) is 7.44. The van der Waals surface area contributed by atoms with E-state index in [9.17, 15) is 15.2 Å². The molecule has 0 fully saturated rings. The number of halogens is 1. The standard InChI is InChI=1S/C12H8BrN3O4S/c13-7-3-8(16(18)19)5-9(4-7)20-11-10(6-17)15-1-2-21-12(15)14-11/h1-5,17H,6H2. The minimum atomic E-state index is -0.504. The number of aliphatic hydroxyl groups is 1. The summed E-state index contributed by atoms with van der Waals surface area (Å²) in [5.74, 6) is 0.508. The van der Waals surface area contributed by atoms with Gasteiger partial charge in [0, 0.05) is 22.1 Å². The van der Waals surface area contributed by atoms with Crippen LogP contribution in [0.4, 0.5) is 5.69 Å². The lowest BCUT2D eigenvalue weighted by Gasteiger charge is -2.05. The summed E-state index contributed by atoms with van der Waals surface area (Å²) in [5, 5.41) is 22.1. The molecule has 0 saturated carbocycles. The van der Waals surface area contributed by atoms with E-state index in [1.54, 1.807) is 16.7 Å². The van der Waals surface area contributed by atoms with Crippen LogP contribution in [0, 0.1) is 10.1 Å². The van der Waals surface area contributed by atoms with Crippen LogP contribution in [-0.2, 0) is 6.61 Å². The molecule has 0 aliphatic rings. The average Bonchev–Trinajstić information content (AvgIpc) is 2.98. The van der Waals surface area contributed by atoms with E-state index in [4.69, 9.17) is 4.74 Å². The van der Waals surface area contributed by atoms with Crippen molar-refractivity contribution in [3.8, 4) is 11.6 Å². The SMILES string of the molecule is O=[N+]([O-])c1cc(Br)cc(Oc2nc3sccn3c2CO)c1. The number of aliphatic hydroxyl groups excluding tert-OH is 1. The van der Waals surface area contributed by atoms with Gasteiger partial charge in [-0.25, -0.2) is 0 Å². The summed E-state index contributed by atoms with van der Waals surface area (Å²) >= 11 is 4.60. The molecule has 9 heteroatoms. The van der Waals surface area contributed by atoms with Gasteiger partial charge in [0.1, 0.15) is 11.4 Å². The Morgan fingerprint density at radius 3 is 3.00 bits per heavy atom. The number of aromatic nitrogens is 2. The number of thiazole rings is 1. The first-order valence-electron chi connectivity index (χ1n) is 5.76. The van der Waals surface area contributed by atoms with Crippen molar-refractivity contribution < 1.29 is 14.8 Å². The third kappa shape index (κ3) is 2.62. The number of ether oxygens (including phenoxy) is 1. The minimum Gasteiger partial charge on any atom is -0.437 e. The maximum atomic E-state index is 10.9. The van der Waals surface area contributed by atoms with Crippen LogP contribution in [0.15, 0.2) is 34.2 Å². The number of nitro benzene ring substituents is 1. The van der Waals surface area contributed by atoms with E-state index in [0.29, 0.717) is 15.1 Å². The molecule has 0 aliphatic carbocycles. The van der Waals surface area contributed by atoms with E-state index in [1.807, 2.05) is 5.38 Å². The molecule has 0 atom stereocenters. The molecule has 0 amide bonds. The lowest BCUT2D eigenvalue weighted by atomic mass is 10.3. The monoisotopic (exact) mass is 369 g/mol. The van der Waals surface area contributed by atoms with Crippen LogP contribution in [0.25, 0.3) is 4.96 Å². The molecule has 7 nitrogen and oxygen atoms in total. The second kappa shape index (κ2) is 5.43. The fourth-order valence-corrected chi connectivity index (χ4v) is 3.05. The van der Waals surface area contributed by atoms with Crippen LogP contribution in [0.5, 0.6) is 11.6 Å². The molecule has 2 heterocycles. The lowest BCUT2D eigenvalue weighted by Crippen LogP contribution is -1.95. The number of nitro groups is 1. The highest BCUT2D eigenvalue weighted by atomic mass is 79.9. The van der Waals surface area contributed by atoms with Crippen LogP contribution < -0.4 is 4.74 Å². The van der Waals surface area contributed by atoms with Gasteiger partial charge in [-0.15, -0.1) is 11.3 Å². The maximum absolute atomic E-state index is 10.9. The summed E-state index contributed by atoms with van der Waals surface area (Å²) < 4.78 is 7.84. The predicted octanol–water partition coefficient (Wildman–Crippen LogP) is 3.35. The molecule has 0 saturated heterocycles. The first kappa shape index (κ1) is 14.0. The molecule has 3 rings (SSSR count). The van der Waals surface area contributed by atoms with Crippen molar-refractivity contribution in [2.75, 3.05) is 0 Å². The quantitative estimate of drug-likeness (QED) is 0.562. The number of rotatable bonds is 4. The number of hydrogen-bond acceptors (Lipinski definition) is 6. The summed E-state index contributed by atoms with van der Waals surface area (Å²) in [6.45, 7) is -0.247. The molecule has 0 bridgehead atoms. The normalized spacial score (nSPS) is 11.0. The van der Waals surface area contributed by atoms with Gasteiger partial charge in [0.05, 0.1) is 17.6 Å². The Hall–Kier alpha value is -1.97. The zero-order valence-electron chi connectivity index (χ0n) is 10.4. The van der Waals surface area contributed by atoms with Gasteiger partial charge in [0.15, 0.2) is 4.96 Å². The van der Waals surface area contributed by atoms with E-state index in [0.717, 1.165) is 0 Å². The molecule has 3 aromatic rings. The topological polar surface area (TPSA) is 89.9 Å². The van der Waals surface area contributed by atoms with Crippen LogP contribution in [0.3, 0.4) is 0 Å². The Morgan fingerprint density at radius 2 is 2.29 bits per heavy atom. The molecule has 0 aliphatic heterocycles. The third-order valence-corrected chi connectivity index (χ3v) is 3.97. The highest BCUT2D eigenvalue weighted by Gasteiger charge is 2.16. The van der Waals surface area contributed by atoms with Crippen molar-refractivity contribution in [2.45, 2.75) is 6.61 Å². The van der Waals surface area contributed by atoms with Gasteiger partial charge in [0.25, 0.3) is 5.69 Å². The lowest BCUT2D eigenvalue weighted by molar-refractivity contribution is -0.385. The maximum Gasteiger partial charge on any atom is 0.274 e. The van der Waals surface area contributed by atoms with Crippen LogP contribution >= 0.6 is 27.3 Å². The number of imidazole rings is 1. The van der Waals surface area contributed by atoms with Crippen molar-refractivity contribution >= 4 is 37.9 Å². The molecular formula is C12H8BrN3O4S. The second-order valence-electron chi connectivity index (χ2n) is 4.08. The molecule has 0 spiro atoms. The Morgan fingerprint density at radius 1 is 1.48 bits per heavy atom. The summed E-state index contributed by atoms with van der Waals surface area (Å²) in [6.07, 6.45) is 1.77. The van der Waals surface area contributed by atoms with E-state index in [1.165, 1.54) is 23.5 Å². The van der Waals surface area contributed by atoms with Crippen molar-refractivity contribution in [3.05, 3.63) is 50.1 Å². The molecule has 21 heavy (non-hydrogen) atoms. The highest BCUT2D eigenvalue weighted by Crippen LogP contribution is 2.32. The van der Waals surface area contributed by atoms with E-state index < -0.39 is 4.92 Å². The van der Waals surface area contributed by atoms with E-state index in [2.05, 4.69) is 20.9 Å². The Labute approximate surface area is 130 Å². The zero-order chi connectivity index (χ0) is 15.0. The van der Waals surface area contributed by atoms with Crippen LogP contribution in [0.2, 0.25) is 0 Å². The summed E-state index contributed by atoms with van der Waals surface area (Å²) in [4.78, 5) is 15.3. The van der Waals surface area contributed by atoms with Crippen LogP contribution in [-0.4, -0.2) is 19.4 Å². The summed E-state index contributed by atoms with van der Waals surface area (Å²) in [5.41, 5.74) is 0.403. The average molecular weight is 370 g/mol.